The smallest absolute Gasteiger partial charge is 0.202 e. The Morgan fingerprint density at radius 1 is 1.24 bits per heavy atom. The molecule has 0 N–H and O–H groups in total. The standard InChI is InChI=1S/C17H12BrFO2/c1-10-5-6-15-12(7-10)9-16(21-15)14(20)8-11-3-2-4-13(19)17(11)18/h2-7,9H,8H2,1H3. The lowest BCUT2D eigenvalue weighted by atomic mass is 10.1. The van der Waals surface area contributed by atoms with Crippen LogP contribution in [0.15, 0.2) is 51.4 Å². The minimum Gasteiger partial charge on any atom is -0.453 e. The molecule has 3 aromatic rings. The number of fused-ring (bicyclic) bond motifs is 1. The quantitative estimate of drug-likeness (QED) is 0.620. The first-order chi connectivity index (χ1) is 10.0. The lowest BCUT2D eigenvalue weighted by Gasteiger charge is -2.03. The van der Waals surface area contributed by atoms with E-state index in [0.717, 1.165) is 10.9 Å². The van der Waals surface area contributed by atoms with Gasteiger partial charge in [0.2, 0.25) is 5.78 Å². The van der Waals surface area contributed by atoms with Crippen molar-refractivity contribution in [3.05, 3.63) is 69.6 Å². The van der Waals surface area contributed by atoms with Gasteiger partial charge in [0, 0.05) is 11.8 Å². The van der Waals surface area contributed by atoms with E-state index in [1.807, 2.05) is 25.1 Å². The third-order valence-corrected chi connectivity index (χ3v) is 4.22. The molecular weight excluding hydrogens is 335 g/mol. The van der Waals surface area contributed by atoms with E-state index in [0.29, 0.717) is 21.4 Å². The Labute approximate surface area is 129 Å². The second-order valence-corrected chi connectivity index (χ2v) is 5.76. The maximum atomic E-state index is 13.5. The highest BCUT2D eigenvalue weighted by Gasteiger charge is 2.15. The number of aryl methyl sites for hydroxylation is 1. The molecule has 4 heteroatoms. The van der Waals surface area contributed by atoms with Crippen LogP contribution in [0.5, 0.6) is 0 Å². The Bertz CT molecular complexity index is 836. The van der Waals surface area contributed by atoms with Crippen LogP contribution >= 0.6 is 15.9 Å². The van der Waals surface area contributed by atoms with Crippen molar-refractivity contribution in [3.8, 4) is 0 Å². The number of Topliss-reactive ketones (excluding diaryl/α,β-unsaturated/α-hetero) is 1. The average Bonchev–Trinajstić information content (AvgIpc) is 2.87. The highest BCUT2D eigenvalue weighted by molar-refractivity contribution is 9.10. The minimum atomic E-state index is -0.375. The van der Waals surface area contributed by atoms with Gasteiger partial charge < -0.3 is 4.42 Å². The Morgan fingerprint density at radius 2 is 2.05 bits per heavy atom. The molecule has 1 aromatic heterocycles. The summed E-state index contributed by atoms with van der Waals surface area (Å²) < 4.78 is 19.4. The van der Waals surface area contributed by atoms with Crippen molar-refractivity contribution < 1.29 is 13.6 Å². The molecule has 0 radical (unpaired) electrons. The van der Waals surface area contributed by atoms with Crippen LogP contribution in [0.4, 0.5) is 4.39 Å². The van der Waals surface area contributed by atoms with E-state index >= 15 is 0 Å². The number of furan rings is 1. The van der Waals surface area contributed by atoms with Crippen LogP contribution in [0, 0.1) is 12.7 Å². The molecule has 0 fully saturated rings. The fourth-order valence-corrected chi connectivity index (χ4v) is 2.65. The summed E-state index contributed by atoms with van der Waals surface area (Å²) >= 11 is 3.17. The van der Waals surface area contributed by atoms with E-state index < -0.39 is 0 Å². The molecule has 2 aromatic carbocycles. The van der Waals surface area contributed by atoms with E-state index in [2.05, 4.69) is 15.9 Å². The van der Waals surface area contributed by atoms with Crippen LogP contribution in [0.3, 0.4) is 0 Å². The number of carbonyl (C=O) groups is 1. The summed E-state index contributed by atoms with van der Waals surface area (Å²) in [5.41, 5.74) is 2.40. The van der Waals surface area contributed by atoms with Crippen molar-refractivity contribution in [3.63, 3.8) is 0 Å². The zero-order valence-corrected chi connectivity index (χ0v) is 12.9. The van der Waals surface area contributed by atoms with Crippen LogP contribution < -0.4 is 0 Å². The van der Waals surface area contributed by atoms with Gasteiger partial charge in [-0.25, -0.2) is 4.39 Å². The zero-order valence-electron chi connectivity index (χ0n) is 11.3. The van der Waals surface area contributed by atoms with Gasteiger partial charge in [0.05, 0.1) is 4.47 Å². The molecule has 0 bridgehead atoms. The molecule has 0 amide bonds. The second kappa shape index (κ2) is 5.45. The molecule has 0 aliphatic carbocycles. The minimum absolute atomic E-state index is 0.0944. The monoisotopic (exact) mass is 346 g/mol. The maximum Gasteiger partial charge on any atom is 0.202 e. The summed E-state index contributed by atoms with van der Waals surface area (Å²) in [5, 5.41) is 0.900. The highest BCUT2D eigenvalue weighted by atomic mass is 79.9. The van der Waals surface area contributed by atoms with Crippen molar-refractivity contribution in [1.82, 2.24) is 0 Å². The van der Waals surface area contributed by atoms with E-state index in [4.69, 9.17) is 4.42 Å². The topological polar surface area (TPSA) is 30.2 Å². The Balaban J connectivity index is 1.91. The number of benzene rings is 2. The van der Waals surface area contributed by atoms with Crippen LogP contribution in [-0.2, 0) is 6.42 Å². The number of ketones is 1. The fourth-order valence-electron chi connectivity index (χ4n) is 2.25. The van der Waals surface area contributed by atoms with Crippen molar-refractivity contribution >= 4 is 32.7 Å². The van der Waals surface area contributed by atoms with Crippen molar-refractivity contribution in [2.24, 2.45) is 0 Å². The van der Waals surface area contributed by atoms with E-state index in [1.165, 1.54) is 6.07 Å². The van der Waals surface area contributed by atoms with Crippen molar-refractivity contribution in [2.45, 2.75) is 13.3 Å². The molecule has 106 valence electrons. The molecule has 0 aliphatic rings. The number of hydrogen-bond acceptors (Lipinski definition) is 2. The molecule has 2 nitrogen and oxygen atoms in total. The lowest BCUT2D eigenvalue weighted by molar-refractivity contribution is 0.0968. The number of hydrogen-bond donors (Lipinski definition) is 0. The summed E-state index contributed by atoms with van der Waals surface area (Å²) in [4.78, 5) is 12.3. The maximum absolute atomic E-state index is 13.5. The molecule has 0 atom stereocenters. The molecule has 1 heterocycles. The van der Waals surface area contributed by atoms with Crippen LogP contribution in [0.25, 0.3) is 11.0 Å². The van der Waals surface area contributed by atoms with Crippen LogP contribution in [-0.4, -0.2) is 5.78 Å². The van der Waals surface area contributed by atoms with E-state index in [1.54, 1.807) is 18.2 Å². The number of rotatable bonds is 3. The van der Waals surface area contributed by atoms with Gasteiger partial charge in [-0.2, -0.15) is 0 Å². The Morgan fingerprint density at radius 3 is 2.86 bits per heavy atom. The van der Waals surface area contributed by atoms with Gasteiger partial charge in [-0.05, 0) is 52.7 Å². The molecule has 21 heavy (non-hydrogen) atoms. The highest BCUT2D eigenvalue weighted by Crippen LogP contribution is 2.25. The summed E-state index contributed by atoms with van der Waals surface area (Å²) in [6, 6.07) is 12.1. The SMILES string of the molecule is Cc1ccc2oc(C(=O)Cc3cccc(F)c3Br)cc2c1. The largest absolute Gasteiger partial charge is 0.453 e. The van der Waals surface area contributed by atoms with Gasteiger partial charge in [-0.1, -0.05) is 23.8 Å². The third kappa shape index (κ3) is 2.76. The van der Waals surface area contributed by atoms with Gasteiger partial charge >= 0.3 is 0 Å². The van der Waals surface area contributed by atoms with Gasteiger partial charge in [0.15, 0.2) is 5.76 Å². The van der Waals surface area contributed by atoms with E-state index in [-0.39, 0.29) is 18.0 Å². The summed E-state index contributed by atoms with van der Waals surface area (Å²) in [6.07, 6.45) is 0.0944. The predicted molar refractivity (Wildman–Crippen MR) is 83.1 cm³/mol. The first-order valence-electron chi connectivity index (χ1n) is 6.51. The van der Waals surface area contributed by atoms with Gasteiger partial charge in [-0.15, -0.1) is 0 Å². The third-order valence-electron chi connectivity index (χ3n) is 3.33. The Kier molecular flexibility index (Phi) is 3.64. The lowest BCUT2D eigenvalue weighted by Crippen LogP contribution is -2.03. The molecule has 0 unspecified atom stereocenters. The molecule has 0 saturated carbocycles. The molecule has 0 aliphatic heterocycles. The van der Waals surface area contributed by atoms with E-state index in [9.17, 15) is 9.18 Å². The summed E-state index contributed by atoms with van der Waals surface area (Å²) in [5.74, 6) is -0.248. The Hall–Kier alpha value is -1.94. The van der Waals surface area contributed by atoms with Gasteiger partial charge in [0.25, 0.3) is 0 Å². The first kappa shape index (κ1) is 14.0. The van der Waals surface area contributed by atoms with Gasteiger partial charge in [0.1, 0.15) is 11.4 Å². The van der Waals surface area contributed by atoms with Crippen molar-refractivity contribution in [2.75, 3.05) is 0 Å². The molecule has 3 rings (SSSR count). The normalized spacial score (nSPS) is 11.0. The number of carbonyl (C=O) groups excluding carboxylic acids is 1. The first-order valence-corrected chi connectivity index (χ1v) is 7.30. The van der Waals surface area contributed by atoms with Crippen LogP contribution in [0.1, 0.15) is 21.7 Å². The average molecular weight is 347 g/mol. The van der Waals surface area contributed by atoms with Gasteiger partial charge in [-0.3, -0.25) is 4.79 Å². The van der Waals surface area contributed by atoms with Crippen LogP contribution in [0.2, 0.25) is 0 Å². The molecular formula is C17H12BrFO2. The van der Waals surface area contributed by atoms with Crippen molar-refractivity contribution in [1.29, 1.82) is 0 Å². The fraction of sp³-hybridized carbons (Fsp3) is 0.118. The zero-order chi connectivity index (χ0) is 15.0. The predicted octanol–water partition coefficient (Wildman–Crippen LogP) is 5.07. The second-order valence-electron chi connectivity index (χ2n) is 4.96. The summed E-state index contributed by atoms with van der Waals surface area (Å²) in [6.45, 7) is 1.98. The number of halogens is 2. The molecule has 0 spiro atoms. The summed E-state index contributed by atoms with van der Waals surface area (Å²) in [7, 11) is 0. The molecule has 0 saturated heterocycles.